The highest BCUT2D eigenvalue weighted by Gasteiger charge is 2.28. The van der Waals surface area contributed by atoms with Gasteiger partial charge in [0.2, 0.25) is 0 Å². The zero-order chi connectivity index (χ0) is 16.4. The minimum absolute atomic E-state index is 0.359. The molecule has 2 aromatic carbocycles. The molecule has 23 heavy (non-hydrogen) atoms. The molecule has 118 valence electrons. The van der Waals surface area contributed by atoms with Crippen molar-refractivity contribution >= 4 is 11.9 Å². The standard InChI is InChI=1S/C18H16O5/c1-22-18(21)12-5-2-4-11(10-12)13-6-3-7-15-14(13)8-9-23-16(15)17(19)20/h2-7,10,16H,8-9H2,1H3,(H,19,20). The third-order valence-corrected chi connectivity index (χ3v) is 3.95. The summed E-state index contributed by atoms with van der Waals surface area (Å²) in [5.41, 5.74) is 3.86. The van der Waals surface area contributed by atoms with Gasteiger partial charge in [-0.25, -0.2) is 9.59 Å². The van der Waals surface area contributed by atoms with Crippen LogP contribution in [0.2, 0.25) is 0 Å². The minimum Gasteiger partial charge on any atom is -0.479 e. The Morgan fingerprint density at radius 2 is 2.00 bits per heavy atom. The Morgan fingerprint density at radius 1 is 1.22 bits per heavy atom. The highest BCUT2D eigenvalue weighted by molar-refractivity contribution is 5.91. The largest absolute Gasteiger partial charge is 0.479 e. The van der Waals surface area contributed by atoms with E-state index >= 15 is 0 Å². The van der Waals surface area contributed by atoms with Crippen molar-refractivity contribution in [3.05, 3.63) is 59.2 Å². The maximum absolute atomic E-state index is 11.7. The Hall–Kier alpha value is -2.66. The fourth-order valence-corrected chi connectivity index (χ4v) is 2.90. The molecule has 0 spiro atoms. The molecule has 1 heterocycles. The van der Waals surface area contributed by atoms with Gasteiger partial charge in [0.25, 0.3) is 0 Å². The van der Waals surface area contributed by atoms with Gasteiger partial charge in [-0.15, -0.1) is 0 Å². The average Bonchev–Trinajstić information content (AvgIpc) is 2.60. The highest BCUT2D eigenvalue weighted by atomic mass is 16.5. The lowest BCUT2D eigenvalue weighted by Crippen LogP contribution is -2.23. The molecule has 2 aromatic rings. The van der Waals surface area contributed by atoms with E-state index in [-0.39, 0.29) is 0 Å². The monoisotopic (exact) mass is 312 g/mol. The molecule has 0 saturated heterocycles. The molecule has 0 radical (unpaired) electrons. The molecule has 5 nitrogen and oxygen atoms in total. The second kappa shape index (κ2) is 6.22. The third-order valence-electron chi connectivity index (χ3n) is 3.95. The van der Waals surface area contributed by atoms with E-state index in [1.54, 1.807) is 24.3 Å². The van der Waals surface area contributed by atoms with Crippen LogP contribution in [0.25, 0.3) is 11.1 Å². The van der Waals surface area contributed by atoms with Crippen molar-refractivity contribution in [1.29, 1.82) is 0 Å². The van der Waals surface area contributed by atoms with E-state index in [4.69, 9.17) is 9.47 Å². The predicted octanol–water partition coefficient (Wildman–Crippen LogP) is 2.84. The van der Waals surface area contributed by atoms with Crippen molar-refractivity contribution in [2.24, 2.45) is 0 Å². The molecule has 0 saturated carbocycles. The number of fused-ring (bicyclic) bond motifs is 1. The fraction of sp³-hybridized carbons (Fsp3) is 0.222. The number of carbonyl (C=O) groups excluding carboxylic acids is 1. The normalized spacial score (nSPS) is 16.5. The summed E-state index contributed by atoms with van der Waals surface area (Å²) in [5.74, 6) is -1.39. The van der Waals surface area contributed by atoms with E-state index in [0.717, 1.165) is 16.7 Å². The van der Waals surface area contributed by atoms with Gasteiger partial charge in [-0.2, -0.15) is 0 Å². The molecule has 0 fully saturated rings. The van der Waals surface area contributed by atoms with Crippen LogP contribution in [0.4, 0.5) is 0 Å². The second-order valence-electron chi connectivity index (χ2n) is 5.28. The summed E-state index contributed by atoms with van der Waals surface area (Å²) in [4.78, 5) is 23.1. The molecule has 1 aliphatic rings. The lowest BCUT2D eigenvalue weighted by Gasteiger charge is -2.25. The first kappa shape index (κ1) is 15.2. The van der Waals surface area contributed by atoms with Gasteiger partial charge < -0.3 is 14.6 Å². The molecule has 0 bridgehead atoms. The van der Waals surface area contributed by atoms with E-state index in [1.165, 1.54) is 7.11 Å². The molecule has 1 aliphatic heterocycles. The van der Waals surface area contributed by atoms with E-state index in [0.29, 0.717) is 24.2 Å². The van der Waals surface area contributed by atoms with Crippen molar-refractivity contribution in [2.75, 3.05) is 13.7 Å². The molecule has 0 amide bonds. The van der Waals surface area contributed by atoms with Crippen LogP contribution in [0, 0.1) is 0 Å². The Balaban J connectivity index is 2.10. The number of rotatable bonds is 3. The smallest absolute Gasteiger partial charge is 0.337 e. The van der Waals surface area contributed by atoms with E-state index < -0.39 is 18.0 Å². The van der Waals surface area contributed by atoms with Crippen molar-refractivity contribution < 1.29 is 24.2 Å². The van der Waals surface area contributed by atoms with Gasteiger partial charge in [0.15, 0.2) is 6.10 Å². The quantitative estimate of drug-likeness (QED) is 0.882. The van der Waals surface area contributed by atoms with E-state index in [2.05, 4.69) is 0 Å². The summed E-state index contributed by atoms with van der Waals surface area (Å²) >= 11 is 0. The number of benzene rings is 2. The number of carboxylic acids is 1. The maximum atomic E-state index is 11.7. The van der Waals surface area contributed by atoms with Gasteiger partial charge in [-0.3, -0.25) is 0 Å². The number of hydrogen-bond donors (Lipinski definition) is 1. The molecule has 3 rings (SSSR count). The summed E-state index contributed by atoms with van der Waals surface area (Å²) in [6.07, 6.45) is -0.305. The third kappa shape index (κ3) is 2.83. The van der Waals surface area contributed by atoms with Crippen LogP contribution in [0.1, 0.15) is 27.6 Å². The van der Waals surface area contributed by atoms with Gasteiger partial charge in [-0.1, -0.05) is 30.3 Å². The van der Waals surface area contributed by atoms with E-state index in [9.17, 15) is 14.7 Å². The number of ether oxygens (including phenoxy) is 2. The van der Waals surface area contributed by atoms with Crippen molar-refractivity contribution in [3.8, 4) is 11.1 Å². The first-order valence-corrected chi connectivity index (χ1v) is 7.26. The molecule has 1 unspecified atom stereocenters. The highest BCUT2D eigenvalue weighted by Crippen LogP contribution is 2.35. The molecule has 0 aliphatic carbocycles. The van der Waals surface area contributed by atoms with Crippen LogP contribution < -0.4 is 0 Å². The lowest BCUT2D eigenvalue weighted by atomic mass is 9.89. The van der Waals surface area contributed by atoms with Gasteiger partial charge >= 0.3 is 11.9 Å². The van der Waals surface area contributed by atoms with Crippen molar-refractivity contribution in [2.45, 2.75) is 12.5 Å². The Labute approximate surface area is 133 Å². The average molecular weight is 312 g/mol. The van der Waals surface area contributed by atoms with Gasteiger partial charge in [0.05, 0.1) is 19.3 Å². The first-order chi connectivity index (χ1) is 11.1. The summed E-state index contributed by atoms with van der Waals surface area (Å²) in [5, 5.41) is 9.31. The number of esters is 1. The molecule has 1 N–H and O–H groups in total. The van der Waals surface area contributed by atoms with Crippen LogP contribution in [0.5, 0.6) is 0 Å². The number of carbonyl (C=O) groups is 2. The Kier molecular flexibility index (Phi) is 4.12. The van der Waals surface area contributed by atoms with E-state index in [1.807, 2.05) is 18.2 Å². The predicted molar refractivity (Wildman–Crippen MR) is 83.3 cm³/mol. The summed E-state index contributed by atoms with van der Waals surface area (Å²) < 4.78 is 10.1. The summed E-state index contributed by atoms with van der Waals surface area (Å²) in [7, 11) is 1.34. The van der Waals surface area contributed by atoms with Crippen LogP contribution in [-0.2, 0) is 20.7 Å². The fourth-order valence-electron chi connectivity index (χ4n) is 2.90. The maximum Gasteiger partial charge on any atom is 0.337 e. The molecular formula is C18H16O5. The number of methoxy groups -OCH3 is 1. The number of carboxylic acid groups (broad SMARTS) is 1. The van der Waals surface area contributed by atoms with Crippen LogP contribution in [0.3, 0.4) is 0 Å². The Morgan fingerprint density at radius 3 is 2.74 bits per heavy atom. The molecular weight excluding hydrogens is 296 g/mol. The summed E-state index contributed by atoms with van der Waals surface area (Å²) in [6.45, 7) is 0.359. The SMILES string of the molecule is COC(=O)c1cccc(-c2cccc3c2CCOC3C(=O)O)c1. The van der Waals surface area contributed by atoms with Crippen molar-refractivity contribution in [3.63, 3.8) is 0 Å². The van der Waals surface area contributed by atoms with Crippen LogP contribution in [0.15, 0.2) is 42.5 Å². The van der Waals surface area contributed by atoms with Crippen molar-refractivity contribution in [1.82, 2.24) is 0 Å². The summed E-state index contributed by atoms with van der Waals surface area (Å²) in [6, 6.07) is 12.6. The number of aliphatic carboxylic acids is 1. The lowest BCUT2D eigenvalue weighted by molar-refractivity contribution is -0.151. The Bertz CT molecular complexity index is 766. The minimum atomic E-state index is -0.994. The number of hydrogen-bond acceptors (Lipinski definition) is 4. The van der Waals surface area contributed by atoms with Gasteiger partial charge in [0.1, 0.15) is 0 Å². The molecule has 0 aromatic heterocycles. The van der Waals surface area contributed by atoms with Crippen LogP contribution >= 0.6 is 0 Å². The van der Waals surface area contributed by atoms with Gasteiger partial charge in [0, 0.05) is 0 Å². The zero-order valence-electron chi connectivity index (χ0n) is 12.6. The topological polar surface area (TPSA) is 72.8 Å². The zero-order valence-corrected chi connectivity index (χ0v) is 12.6. The molecule has 5 heteroatoms. The molecule has 1 atom stereocenters. The first-order valence-electron chi connectivity index (χ1n) is 7.26. The van der Waals surface area contributed by atoms with Crippen LogP contribution in [-0.4, -0.2) is 30.8 Å². The van der Waals surface area contributed by atoms with Gasteiger partial charge in [-0.05, 0) is 40.8 Å². The second-order valence-corrected chi connectivity index (χ2v) is 5.28.